The first-order valence-electron chi connectivity index (χ1n) is 9.64. The average Bonchev–Trinajstić information content (AvgIpc) is 2.68. The Kier molecular flexibility index (Phi) is 5.91. The molecule has 28 heavy (non-hydrogen) atoms. The third kappa shape index (κ3) is 4.80. The molecule has 1 saturated heterocycles. The van der Waals surface area contributed by atoms with Crippen LogP contribution in [-0.4, -0.2) is 38.4 Å². The number of carbonyl (C=O) groups excluding carboxylic acids is 1. The summed E-state index contributed by atoms with van der Waals surface area (Å²) >= 11 is 0. The Morgan fingerprint density at radius 2 is 1.54 bits per heavy atom. The Bertz CT molecular complexity index is 909. The van der Waals surface area contributed by atoms with E-state index < -0.39 is 10.0 Å². The summed E-state index contributed by atoms with van der Waals surface area (Å²) in [5.41, 5.74) is 1.92. The summed E-state index contributed by atoms with van der Waals surface area (Å²) in [5, 5.41) is 0. The molecule has 1 aliphatic rings. The lowest BCUT2D eigenvalue weighted by molar-refractivity contribution is 0.0711. The van der Waals surface area contributed by atoms with Crippen molar-refractivity contribution >= 4 is 15.9 Å². The maximum Gasteiger partial charge on any atom is 0.253 e. The van der Waals surface area contributed by atoms with E-state index in [9.17, 15) is 13.2 Å². The highest BCUT2D eigenvalue weighted by Gasteiger charge is 2.27. The molecular formula is C22H28N2O3S. The van der Waals surface area contributed by atoms with Gasteiger partial charge in [-0.3, -0.25) is 4.79 Å². The van der Waals surface area contributed by atoms with E-state index in [0.29, 0.717) is 31.5 Å². The molecule has 1 N–H and O–H groups in total. The minimum absolute atomic E-state index is 0.00447. The molecule has 0 saturated carbocycles. The number of piperidine rings is 1. The highest BCUT2D eigenvalue weighted by Crippen LogP contribution is 2.23. The van der Waals surface area contributed by atoms with Crippen LogP contribution < -0.4 is 4.72 Å². The number of likely N-dealkylation sites (tertiary alicyclic amines) is 1. The molecule has 1 fully saturated rings. The fourth-order valence-electron chi connectivity index (χ4n) is 3.38. The van der Waals surface area contributed by atoms with Crippen molar-refractivity contribution in [1.29, 1.82) is 0 Å². The maximum atomic E-state index is 12.8. The van der Waals surface area contributed by atoms with Gasteiger partial charge in [0.2, 0.25) is 10.0 Å². The quantitative estimate of drug-likeness (QED) is 0.853. The summed E-state index contributed by atoms with van der Waals surface area (Å²) in [4.78, 5) is 14.8. The van der Waals surface area contributed by atoms with E-state index in [4.69, 9.17) is 0 Å². The lowest BCUT2D eigenvalue weighted by Crippen LogP contribution is -2.46. The van der Waals surface area contributed by atoms with Gasteiger partial charge < -0.3 is 4.90 Å². The minimum atomic E-state index is -3.52. The molecule has 1 heterocycles. The largest absolute Gasteiger partial charge is 0.339 e. The monoisotopic (exact) mass is 400 g/mol. The molecule has 3 rings (SSSR count). The molecular weight excluding hydrogens is 372 g/mol. The summed E-state index contributed by atoms with van der Waals surface area (Å²) < 4.78 is 27.7. The summed E-state index contributed by atoms with van der Waals surface area (Å²) in [7, 11) is -3.52. The van der Waals surface area contributed by atoms with Crippen LogP contribution in [0, 0.1) is 0 Å². The van der Waals surface area contributed by atoms with E-state index in [-0.39, 0.29) is 22.3 Å². The average molecular weight is 401 g/mol. The number of carbonyl (C=O) groups is 1. The van der Waals surface area contributed by atoms with Gasteiger partial charge in [-0.15, -0.1) is 0 Å². The van der Waals surface area contributed by atoms with Crippen LogP contribution in [0.1, 0.15) is 49.5 Å². The Morgan fingerprint density at radius 1 is 0.964 bits per heavy atom. The second kappa shape index (κ2) is 8.05. The molecule has 6 heteroatoms. The van der Waals surface area contributed by atoms with E-state index in [1.54, 1.807) is 35.2 Å². The smallest absolute Gasteiger partial charge is 0.253 e. The summed E-state index contributed by atoms with van der Waals surface area (Å²) in [6, 6.07) is 16.0. The van der Waals surface area contributed by atoms with Crippen LogP contribution >= 0.6 is 0 Å². The van der Waals surface area contributed by atoms with Crippen molar-refractivity contribution in [3.8, 4) is 0 Å². The maximum absolute atomic E-state index is 12.8. The van der Waals surface area contributed by atoms with E-state index in [2.05, 4.69) is 25.5 Å². The van der Waals surface area contributed by atoms with Gasteiger partial charge in [-0.05, 0) is 48.1 Å². The molecule has 150 valence electrons. The van der Waals surface area contributed by atoms with E-state index in [1.165, 1.54) is 5.56 Å². The van der Waals surface area contributed by atoms with Gasteiger partial charge in [-0.2, -0.15) is 0 Å². The number of nitrogens with zero attached hydrogens (tertiary/aromatic N) is 1. The molecule has 0 bridgehead atoms. The van der Waals surface area contributed by atoms with Crippen molar-refractivity contribution in [2.24, 2.45) is 0 Å². The molecule has 1 amide bonds. The summed E-state index contributed by atoms with van der Waals surface area (Å²) in [6.45, 7) is 7.52. The van der Waals surface area contributed by atoms with Gasteiger partial charge in [0.25, 0.3) is 5.91 Å². The fourth-order valence-corrected chi connectivity index (χ4v) is 4.71. The molecule has 0 spiro atoms. The fraction of sp³-hybridized carbons (Fsp3) is 0.409. The standard InChI is InChI=1S/C22H28N2O3S/c1-22(2,3)18-11-9-17(10-12-18)21(25)24-15-13-19(14-16-24)23-28(26,27)20-7-5-4-6-8-20/h4-12,19,23H,13-16H2,1-3H3. The molecule has 0 unspecified atom stereocenters. The number of amides is 1. The SMILES string of the molecule is CC(C)(C)c1ccc(C(=O)N2CCC(NS(=O)(=O)c3ccccc3)CC2)cc1. The minimum Gasteiger partial charge on any atom is -0.339 e. The van der Waals surface area contributed by atoms with Gasteiger partial charge in [0.1, 0.15) is 0 Å². The van der Waals surface area contributed by atoms with Crippen molar-refractivity contribution in [3.63, 3.8) is 0 Å². The summed E-state index contributed by atoms with van der Waals surface area (Å²) in [5.74, 6) is 0.00447. The molecule has 2 aromatic carbocycles. The van der Waals surface area contributed by atoms with Crippen molar-refractivity contribution < 1.29 is 13.2 Å². The molecule has 0 aromatic heterocycles. The number of sulfonamides is 1. The first-order valence-corrected chi connectivity index (χ1v) is 11.1. The number of rotatable bonds is 4. The van der Waals surface area contributed by atoms with Crippen LogP contribution in [0.3, 0.4) is 0 Å². The van der Waals surface area contributed by atoms with Gasteiger partial charge in [-0.1, -0.05) is 51.1 Å². The number of benzene rings is 2. The lowest BCUT2D eigenvalue weighted by atomic mass is 9.86. The first-order chi connectivity index (χ1) is 13.2. The Balaban J connectivity index is 1.58. The van der Waals surface area contributed by atoms with Gasteiger partial charge in [0, 0.05) is 24.7 Å². The predicted octanol–water partition coefficient (Wildman–Crippen LogP) is 3.57. The van der Waals surface area contributed by atoms with Gasteiger partial charge in [0.05, 0.1) is 4.90 Å². The van der Waals surface area contributed by atoms with E-state index in [0.717, 1.165) is 0 Å². The van der Waals surface area contributed by atoms with Crippen molar-refractivity contribution in [2.45, 2.75) is 50.0 Å². The first kappa shape index (κ1) is 20.6. The highest BCUT2D eigenvalue weighted by molar-refractivity contribution is 7.89. The van der Waals surface area contributed by atoms with Crippen molar-refractivity contribution in [1.82, 2.24) is 9.62 Å². The van der Waals surface area contributed by atoms with Crippen molar-refractivity contribution in [2.75, 3.05) is 13.1 Å². The number of nitrogens with one attached hydrogen (secondary N) is 1. The highest BCUT2D eigenvalue weighted by atomic mass is 32.2. The zero-order valence-corrected chi connectivity index (χ0v) is 17.5. The Morgan fingerprint density at radius 3 is 2.07 bits per heavy atom. The summed E-state index contributed by atoms with van der Waals surface area (Å²) in [6.07, 6.45) is 1.22. The second-order valence-corrected chi connectivity index (χ2v) is 10.0. The van der Waals surface area contributed by atoms with Crippen LogP contribution in [0.5, 0.6) is 0 Å². The predicted molar refractivity (Wildman–Crippen MR) is 111 cm³/mol. The van der Waals surface area contributed by atoms with Crippen LogP contribution in [-0.2, 0) is 15.4 Å². The van der Waals surface area contributed by atoms with Gasteiger partial charge >= 0.3 is 0 Å². The van der Waals surface area contributed by atoms with Crippen LogP contribution in [0.15, 0.2) is 59.5 Å². The molecule has 0 aliphatic carbocycles. The lowest BCUT2D eigenvalue weighted by Gasteiger charge is -2.32. The van der Waals surface area contributed by atoms with Gasteiger partial charge in [0.15, 0.2) is 0 Å². The molecule has 0 atom stereocenters. The van der Waals surface area contributed by atoms with Crippen LogP contribution in [0.25, 0.3) is 0 Å². The van der Waals surface area contributed by atoms with Gasteiger partial charge in [-0.25, -0.2) is 13.1 Å². The third-order valence-electron chi connectivity index (χ3n) is 5.16. The molecule has 0 radical (unpaired) electrons. The van der Waals surface area contributed by atoms with E-state index >= 15 is 0 Å². The van der Waals surface area contributed by atoms with E-state index in [1.807, 2.05) is 24.3 Å². The molecule has 5 nitrogen and oxygen atoms in total. The van der Waals surface area contributed by atoms with Crippen LogP contribution in [0.4, 0.5) is 0 Å². The van der Waals surface area contributed by atoms with Crippen LogP contribution in [0.2, 0.25) is 0 Å². The second-order valence-electron chi connectivity index (χ2n) is 8.33. The Hall–Kier alpha value is -2.18. The molecule has 1 aliphatic heterocycles. The van der Waals surface area contributed by atoms with Crippen molar-refractivity contribution in [3.05, 3.63) is 65.7 Å². The Labute approximate surface area is 167 Å². The topological polar surface area (TPSA) is 66.5 Å². The normalized spacial score (nSPS) is 16.2. The zero-order chi connectivity index (χ0) is 20.4. The molecule has 2 aromatic rings. The number of hydrogen-bond donors (Lipinski definition) is 1. The zero-order valence-electron chi connectivity index (χ0n) is 16.7. The number of hydrogen-bond acceptors (Lipinski definition) is 3. The third-order valence-corrected chi connectivity index (χ3v) is 6.69.